The lowest BCUT2D eigenvalue weighted by Gasteiger charge is -2.26. The number of benzene rings is 10. The molecule has 0 heterocycles. The molecule has 408 valence electrons. The highest BCUT2D eigenvalue weighted by molar-refractivity contribution is 5.92. The Morgan fingerprint density at radius 3 is 0.583 bits per heavy atom. The van der Waals surface area contributed by atoms with E-state index in [-0.39, 0.29) is 16.7 Å². The average Bonchev–Trinajstić information content (AvgIpc) is 2.20. The van der Waals surface area contributed by atoms with E-state index in [1.807, 2.05) is 36.5 Å². The largest absolute Gasteiger partial charge is 0.310 e. The van der Waals surface area contributed by atoms with Crippen LogP contribution in [-0.4, -0.2) is 0 Å². The maximum atomic E-state index is 11.3. The van der Waals surface area contributed by atoms with Gasteiger partial charge in [-0.1, -0.05) is 161 Å². The summed E-state index contributed by atoms with van der Waals surface area (Å²) in [5.41, 5.74) is 24.1. The molecule has 0 radical (unpaired) electrons. The Bertz CT molecular complexity index is 3670. The molecule has 0 saturated carbocycles. The predicted molar refractivity (Wildman–Crippen MR) is 353 cm³/mol. The number of hydrogen-bond donors (Lipinski definition) is 0. The summed E-state index contributed by atoms with van der Waals surface area (Å²) in [4.78, 5) is 6.74. The second-order valence-electron chi connectivity index (χ2n) is 21.8. The van der Waals surface area contributed by atoms with Gasteiger partial charge in [0.1, 0.15) is 18.2 Å². The minimum Gasteiger partial charge on any atom is -0.310 e. The summed E-state index contributed by atoms with van der Waals surface area (Å²) >= 11 is 0. The fourth-order valence-corrected chi connectivity index (χ4v) is 10.7. The molecule has 0 aliphatic heterocycles. The van der Waals surface area contributed by atoms with Gasteiger partial charge in [-0.3, -0.25) is 0 Å². The van der Waals surface area contributed by atoms with E-state index in [4.69, 9.17) is 0 Å². The molecule has 0 bridgehead atoms. The van der Waals surface area contributed by atoms with Crippen LogP contribution in [-0.2, 0) is 0 Å². The summed E-state index contributed by atoms with van der Waals surface area (Å²) in [7, 11) is 0. The van der Waals surface area contributed by atoms with Gasteiger partial charge in [0.25, 0.3) is 0 Å². The van der Waals surface area contributed by atoms with Gasteiger partial charge in [-0.2, -0.15) is 15.8 Å². The van der Waals surface area contributed by atoms with Gasteiger partial charge < -0.3 is 14.7 Å². The van der Waals surface area contributed by atoms with Crippen molar-refractivity contribution in [1.82, 2.24) is 0 Å². The van der Waals surface area contributed by atoms with Crippen molar-refractivity contribution in [2.45, 2.75) is 62.3 Å². The number of nitrogens with zero attached hydrogens (tertiary/aromatic N) is 6. The predicted octanol–water partition coefficient (Wildman–Crippen LogP) is 21.0. The van der Waals surface area contributed by atoms with E-state index in [0.29, 0.717) is 16.7 Å². The van der Waals surface area contributed by atoms with Crippen LogP contribution in [0.15, 0.2) is 200 Å². The maximum Gasteiger partial charge on any atom is 0.100 e. The van der Waals surface area contributed by atoms with Crippen molar-refractivity contribution in [2.75, 3.05) is 14.7 Å². The average molecular weight is 1090 g/mol. The van der Waals surface area contributed by atoms with Crippen molar-refractivity contribution >= 4 is 87.6 Å². The van der Waals surface area contributed by atoms with Crippen molar-refractivity contribution < 1.29 is 0 Å². The van der Waals surface area contributed by atoms with E-state index in [9.17, 15) is 15.8 Å². The van der Waals surface area contributed by atoms with E-state index < -0.39 is 0 Å². The van der Waals surface area contributed by atoms with Crippen LogP contribution < -0.4 is 14.7 Å². The van der Waals surface area contributed by atoms with E-state index in [1.165, 1.54) is 33.4 Å². The van der Waals surface area contributed by atoms with Gasteiger partial charge in [0.15, 0.2) is 0 Å². The van der Waals surface area contributed by atoms with Crippen LogP contribution in [0.3, 0.4) is 0 Å². The highest BCUT2D eigenvalue weighted by Gasteiger charge is 2.23. The maximum absolute atomic E-state index is 11.3. The van der Waals surface area contributed by atoms with Crippen LogP contribution in [0.25, 0.3) is 36.5 Å². The second kappa shape index (κ2) is 25.0. The number of aryl methyl sites for hydroxylation is 9. The quantitative estimate of drug-likeness (QED) is 0.0952. The van der Waals surface area contributed by atoms with Crippen LogP contribution in [0.4, 0.5) is 51.2 Å². The summed E-state index contributed by atoms with van der Waals surface area (Å²) < 4.78 is 0. The van der Waals surface area contributed by atoms with Crippen LogP contribution in [0.5, 0.6) is 0 Å². The van der Waals surface area contributed by atoms with Gasteiger partial charge >= 0.3 is 0 Å². The zero-order valence-electron chi connectivity index (χ0n) is 49.2. The minimum atomic E-state index is 0.235. The molecule has 0 aliphatic carbocycles. The molecule has 0 atom stereocenters. The first-order chi connectivity index (χ1) is 40.7. The van der Waals surface area contributed by atoms with Gasteiger partial charge in [-0.05, 0) is 205 Å². The first-order valence-electron chi connectivity index (χ1n) is 28.3. The van der Waals surface area contributed by atoms with E-state index >= 15 is 0 Å². The highest BCUT2D eigenvalue weighted by atomic mass is 15.2. The topological polar surface area (TPSA) is 81.1 Å². The summed E-state index contributed by atoms with van der Waals surface area (Å²) in [5.74, 6) is 0. The number of hydrogen-bond acceptors (Lipinski definition) is 6. The Hall–Kier alpha value is -10.7. The standard InChI is InChI=1S/C78H66N6/c1-52-10-28-64(29-11-52)82(65-30-12-53(2)13-31-65)70-40-22-61(58(7)46-70)25-43-73-76(49-79)74(44-26-62-23-41-71(47-59(62)8)83(66-32-14-54(3)15-33-66)67-34-16-55(4)17-35-67)78(51-81)75(77(73)50-80)45-27-63-24-42-72(48-60(63)9)84(68-36-18-56(5)19-37-68)69-38-20-57(6)21-39-69/h10-48H,1-9H3/b43-25+,44-26+,45-27+. The Morgan fingerprint density at radius 2 is 0.417 bits per heavy atom. The number of anilines is 9. The van der Waals surface area contributed by atoms with Crippen molar-refractivity contribution in [2.24, 2.45) is 0 Å². The molecule has 0 saturated heterocycles. The van der Waals surface area contributed by atoms with Crippen molar-refractivity contribution in [3.05, 3.63) is 300 Å². The molecule has 0 unspecified atom stereocenters. The number of nitriles is 3. The molecule has 6 nitrogen and oxygen atoms in total. The second-order valence-corrected chi connectivity index (χ2v) is 21.8. The smallest absolute Gasteiger partial charge is 0.100 e. The zero-order valence-corrected chi connectivity index (χ0v) is 49.2. The van der Waals surface area contributed by atoms with E-state index in [2.05, 4.69) is 295 Å². The normalized spacial score (nSPS) is 11.2. The Labute approximate surface area is 496 Å². The fraction of sp³-hybridized carbons (Fsp3) is 0.115. The third-order valence-electron chi connectivity index (χ3n) is 15.5. The summed E-state index contributed by atoms with van der Waals surface area (Å²) in [6.07, 6.45) is 11.5. The van der Waals surface area contributed by atoms with Crippen molar-refractivity contribution in [3.63, 3.8) is 0 Å². The molecule has 0 fully saturated rings. The Balaban J connectivity index is 1.08. The first kappa shape index (κ1) is 56.6. The van der Waals surface area contributed by atoms with Gasteiger partial charge in [0.05, 0.1) is 16.7 Å². The third kappa shape index (κ3) is 12.3. The SMILES string of the molecule is Cc1ccc(N(c2ccc(C)cc2)c2ccc(/C=C/c3c(C#N)c(/C=C/c4ccc(N(c5ccc(C)cc5)c5ccc(C)cc5)cc4C)c(C#N)c(/C=C/c4ccc(N(c5ccc(C)cc5)c5ccc(C)cc5)cc4C)c3C#N)c(C)c2)cc1. The van der Waals surface area contributed by atoms with Crippen LogP contribution in [0, 0.1) is 96.3 Å². The zero-order chi connectivity index (χ0) is 59.0. The monoisotopic (exact) mass is 1090 g/mol. The van der Waals surface area contributed by atoms with Crippen molar-refractivity contribution in [1.29, 1.82) is 15.8 Å². The molecule has 10 rings (SSSR count). The summed E-state index contributed by atoms with van der Waals surface area (Å²) in [6, 6.07) is 77.6. The molecule has 0 aliphatic rings. The van der Waals surface area contributed by atoms with Gasteiger partial charge in [-0.25, -0.2) is 0 Å². The third-order valence-corrected chi connectivity index (χ3v) is 15.5. The van der Waals surface area contributed by atoms with Gasteiger partial charge in [0.2, 0.25) is 0 Å². The van der Waals surface area contributed by atoms with E-state index in [1.54, 1.807) is 0 Å². The highest BCUT2D eigenvalue weighted by Crippen LogP contribution is 2.41. The van der Waals surface area contributed by atoms with Crippen molar-refractivity contribution in [3.8, 4) is 18.2 Å². The molecule has 0 aromatic heterocycles. The van der Waals surface area contributed by atoms with Gasteiger partial charge in [-0.15, -0.1) is 0 Å². The molecule has 0 N–H and O–H groups in total. The molecular formula is C78H66N6. The Morgan fingerprint density at radius 1 is 0.238 bits per heavy atom. The summed E-state index contributed by atoms with van der Waals surface area (Å²) in [5, 5.41) is 33.8. The fourth-order valence-electron chi connectivity index (χ4n) is 10.7. The summed E-state index contributed by atoms with van der Waals surface area (Å²) in [6.45, 7) is 18.8. The lowest BCUT2D eigenvalue weighted by Crippen LogP contribution is -2.10. The van der Waals surface area contributed by atoms with Gasteiger partial charge in [0, 0.05) is 67.9 Å². The van der Waals surface area contributed by atoms with Crippen LogP contribution in [0.2, 0.25) is 0 Å². The first-order valence-corrected chi connectivity index (χ1v) is 28.3. The molecule has 10 aromatic carbocycles. The Kier molecular flexibility index (Phi) is 16.8. The molecular weight excluding hydrogens is 1020 g/mol. The molecule has 0 spiro atoms. The number of rotatable bonds is 15. The van der Waals surface area contributed by atoms with Crippen LogP contribution >= 0.6 is 0 Å². The molecule has 84 heavy (non-hydrogen) atoms. The molecule has 6 heteroatoms. The van der Waals surface area contributed by atoms with E-state index in [0.717, 1.165) is 84.6 Å². The molecule has 10 aromatic rings. The lowest BCUT2D eigenvalue weighted by atomic mass is 9.86. The minimum absolute atomic E-state index is 0.235. The molecule has 0 amide bonds. The van der Waals surface area contributed by atoms with Crippen LogP contribution in [0.1, 0.15) is 100 Å². The lowest BCUT2D eigenvalue weighted by molar-refractivity contribution is 1.25.